The molecule has 0 saturated carbocycles. The molecule has 0 bridgehead atoms. The molecule has 0 fully saturated rings. The van der Waals surface area contributed by atoms with Gasteiger partial charge in [-0.05, 0) is 31.7 Å². The van der Waals surface area contributed by atoms with E-state index in [1.54, 1.807) is 0 Å². The molecule has 0 aliphatic heterocycles. The first-order chi connectivity index (χ1) is 8.80. The van der Waals surface area contributed by atoms with Gasteiger partial charge in [0.15, 0.2) is 0 Å². The van der Waals surface area contributed by atoms with Crippen molar-refractivity contribution in [2.45, 2.75) is 50.8 Å². The predicted octanol–water partition coefficient (Wildman–Crippen LogP) is 2.34. The maximum absolute atomic E-state index is 12.1. The van der Waals surface area contributed by atoms with E-state index in [4.69, 9.17) is 5.14 Å². The number of nitrogens with one attached hydrogen (secondary N) is 1. The van der Waals surface area contributed by atoms with Crippen molar-refractivity contribution in [2.75, 3.05) is 0 Å². The largest absolute Gasteiger partial charge is 0.347 e. The standard InChI is InChI=1S/C13H22N2O3S2/c1-12(2,3)8-13(4,5)15-11(16)9-6-10(19-7-9)20(14,17)18/h6-7H,8H2,1-5H3,(H,15,16)(H2,14,17,18). The Labute approximate surface area is 124 Å². The number of sulfonamides is 1. The highest BCUT2D eigenvalue weighted by Gasteiger charge is 2.28. The summed E-state index contributed by atoms with van der Waals surface area (Å²) >= 11 is 0.950. The number of amides is 1. The third-order valence-electron chi connectivity index (χ3n) is 2.54. The van der Waals surface area contributed by atoms with Crippen LogP contribution in [0.4, 0.5) is 0 Å². The smallest absolute Gasteiger partial charge is 0.252 e. The first kappa shape index (κ1) is 17.1. The van der Waals surface area contributed by atoms with Crippen molar-refractivity contribution in [1.82, 2.24) is 5.32 Å². The normalized spacial score (nSPS) is 13.3. The summed E-state index contributed by atoms with van der Waals surface area (Å²) in [6, 6.07) is 1.31. The van der Waals surface area contributed by atoms with E-state index in [1.807, 2.05) is 13.8 Å². The van der Waals surface area contributed by atoms with Crippen LogP contribution in [0, 0.1) is 5.41 Å². The molecule has 1 amide bonds. The molecule has 7 heteroatoms. The number of primary sulfonamides is 1. The fraction of sp³-hybridized carbons (Fsp3) is 0.615. The SMILES string of the molecule is CC(C)(C)CC(C)(C)NC(=O)c1csc(S(N)(=O)=O)c1. The van der Waals surface area contributed by atoms with Gasteiger partial charge in [-0.15, -0.1) is 11.3 Å². The lowest BCUT2D eigenvalue weighted by molar-refractivity contribution is 0.0892. The van der Waals surface area contributed by atoms with Gasteiger partial charge >= 0.3 is 0 Å². The molecule has 0 radical (unpaired) electrons. The zero-order valence-electron chi connectivity index (χ0n) is 12.5. The van der Waals surface area contributed by atoms with Crippen molar-refractivity contribution >= 4 is 27.3 Å². The van der Waals surface area contributed by atoms with Crippen LogP contribution in [-0.2, 0) is 10.0 Å². The van der Waals surface area contributed by atoms with Gasteiger partial charge in [0.1, 0.15) is 4.21 Å². The van der Waals surface area contributed by atoms with Crippen molar-refractivity contribution in [3.05, 3.63) is 17.0 Å². The minimum atomic E-state index is -3.75. The predicted molar refractivity (Wildman–Crippen MR) is 81.3 cm³/mol. The van der Waals surface area contributed by atoms with Crippen LogP contribution in [0.5, 0.6) is 0 Å². The fourth-order valence-corrected chi connectivity index (χ4v) is 3.92. The molecule has 5 nitrogen and oxygen atoms in total. The van der Waals surface area contributed by atoms with Crippen LogP contribution in [0.1, 0.15) is 51.4 Å². The Morgan fingerprint density at radius 3 is 2.25 bits per heavy atom. The lowest BCUT2D eigenvalue weighted by atomic mass is 9.81. The van der Waals surface area contributed by atoms with Gasteiger partial charge in [0.2, 0.25) is 10.0 Å². The number of hydrogen-bond acceptors (Lipinski definition) is 4. The summed E-state index contributed by atoms with van der Waals surface area (Å²) in [6.07, 6.45) is 0.803. The summed E-state index contributed by atoms with van der Waals surface area (Å²) in [4.78, 5) is 12.1. The summed E-state index contributed by atoms with van der Waals surface area (Å²) in [7, 11) is -3.75. The lowest BCUT2D eigenvalue weighted by Gasteiger charge is -2.33. The number of thiophene rings is 1. The second-order valence-corrected chi connectivity index (χ2v) is 9.47. The molecule has 1 aromatic rings. The molecule has 0 aromatic carbocycles. The molecule has 1 rings (SSSR count). The second-order valence-electron chi connectivity index (χ2n) is 6.77. The van der Waals surface area contributed by atoms with E-state index in [9.17, 15) is 13.2 Å². The topological polar surface area (TPSA) is 89.3 Å². The first-order valence-electron chi connectivity index (χ1n) is 6.24. The molecule has 1 aromatic heterocycles. The van der Waals surface area contributed by atoms with E-state index < -0.39 is 10.0 Å². The average Bonchev–Trinajstić information content (AvgIpc) is 2.59. The van der Waals surface area contributed by atoms with Crippen LogP contribution in [0.25, 0.3) is 0 Å². The zero-order chi connectivity index (χ0) is 15.8. The molecule has 0 aliphatic rings. The van der Waals surface area contributed by atoms with Crippen LogP contribution in [0.2, 0.25) is 0 Å². The van der Waals surface area contributed by atoms with Gasteiger partial charge in [0.25, 0.3) is 5.91 Å². The average molecular weight is 318 g/mol. The van der Waals surface area contributed by atoms with Crippen molar-refractivity contribution < 1.29 is 13.2 Å². The van der Waals surface area contributed by atoms with Crippen molar-refractivity contribution in [1.29, 1.82) is 0 Å². The van der Waals surface area contributed by atoms with Gasteiger partial charge in [-0.1, -0.05) is 20.8 Å². The molecule has 0 aliphatic carbocycles. The van der Waals surface area contributed by atoms with Crippen molar-refractivity contribution in [2.24, 2.45) is 10.6 Å². The summed E-state index contributed by atoms with van der Waals surface area (Å²) < 4.78 is 22.4. The number of carbonyl (C=O) groups is 1. The minimum absolute atomic E-state index is 0.00345. The summed E-state index contributed by atoms with van der Waals surface area (Å²) in [6.45, 7) is 10.2. The number of carbonyl (C=O) groups excluding carboxylic acids is 1. The third kappa shape index (κ3) is 5.22. The van der Waals surface area contributed by atoms with E-state index in [1.165, 1.54) is 11.4 Å². The van der Waals surface area contributed by atoms with Crippen LogP contribution >= 0.6 is 11.3 Å². The minimum Gasteiger partial charge on any atom is -0.347 e. The van der Waals surface area contributed by atoms with Crippen molar-refractivity contribution in [3.8, 4) is 0 Å². The monoisotopic (exact) mass is 318 g/mol. The highest BCUT2D eigenvalue weighted by atomic mass is 32.2. The van der Waals surface area contributed by atoms with Gasteiger partial charge < -0.3 is 5.32 Å². The Morgan fingerprint density at radius 1 is 1.30 bits per heavy atom. The summed E-state index contributed by atoms with van der Waals surface area (Å²) in [5.41, 5.74) is 0.0249. The fourth-order valence-electron chi connectivity index (χ4n) is 2.33. The molecule has 0 unspecified atom stereocenters. The van der Waals surface area contributed by atoms with E-state index >= 15 is 0 Å². The van der Waals surface area contributed by atoms with E-state index in [0.29, 0.717) is 5.56 Å². The molecule has 1 heterocycles. The van der Waals surface area contributed by atoms with Crippen molar-refractivity contribution in [3.63, 3.8) is 0 Å². The summed E-state index contributed by atoms with van der Waals surface area (Å²) in [5.74, 6) is -0.287. The Morgan fingerprint density at radius 2 is 1.85 bits per heavy atom. The van der Waals surface area contributed by atoms with Gasteiger partial charge in [-0.25, -0.2) is 13.6 Å². The van der Waals surface area contributed by atoms with Gasteiger partial charge in [-0.2, -0.15) is 0 Å². The molecule has 0 atom stereocenters. The molecular weight excluding hydrogens is 296 g/mol. The molecule has 3 N–H and O–H groups in total. The van der Waals surface area contributed by atoms with Gasteiger partial charge in [0, 0.05) is 10.9 Å². The Bertz CT molecular complexity index is 595. The lowest BCUT2D eigenvalue weighted by Crippen LogP contribution is -2.45. The van der Waals surface area contributed by atoms with Crippen LogP contribution < -0.4 is 10.5 Å². The quantitative estimate of drug-likeness (QED) is 0.893. The highest BCUT2D eigenvalue weighted by molar-refractivity contribution is 7.91. The Kier molecular flexibility index (Phi) is 4.68. The molecule has 0 saturated heterocycles. The second kappa shape index (κ2) is 5.46. The molecular formula is C13H22N2O3S2. The Balaban J connectivity index is 2.84. The maximum Gasteiger partial charge on any atom is 0.252 e. The summed E-state index contributed by atoms with van der Waals surface area (Å²) in [5, 5.41) is 9.46. The van der Waals surface area contributed by atoms with Crippen LogP contribution in [0.3, 0.4) is 0 Å². The number of nitrogens with two attached hydrogens (primary N) is 1. The van der Waals surface area contributed by atoms with Gasteiger partial charge in [-0.3, -0.25) is 4.79 Å². The molecule has 20 heavy (non-hydrogen) atoms. The molecule has 114 valence electrons. The maximum atomic E-state index is 12.1. The molecule has 0 spiro atoms. The Hall–Kier alpha value is -0.920. The van der Waals surface area contributed by atoms with E-state index in [0.717, 1.165) is 17.8 Å². The zero-order valence-corrected chi connectivity index (χ0v) is 14.1. The first-order valence-corrected chi connectivity index (χ1v) is 8.67. The van der Waals surface area contributed by atoms with E-state index in [2.05, 4.69) is 26.1 Å². The van der Waals surface area contributed by atoms with Crippen LogP contribution in [0.15, 0.2) is 15.7 Å². The van der Waals surface area contributed by atoms with Crippen LogP contribution in [-0.4, -0.2) is 19.9 Å². The number of hydrogen-bond donors (Lipinski definition) is 2. The van der Waals surface area contributed by atoms with Gasteiger partial charge in [0.05, 0.1) is 5.56 Å². The number of rotatable bonds is 4. The highest BCUT2D eigenvalue weighted by Crippen LogP contribution is 2.27. The van der Waals surface area contributed by atoms with E-state index in [-0.39, 0.29) is 21.1 Å². The third-order valence-corrected chi connectivity index (χ3v) is 4.93.